The SMILES string of the molecule is COc1ccc(CNC(=O)c2cc(S(=O)(=O)N3CCN(C)CC3)ccc2C)cc1. The van der Waals surface area contributed by atoms with Crippen LogP contribution >= 0.6 is 0 Å². The number of piperazine rings is 1. The molecule has 1 aliphatic rings. The van der Waals surface area contributed by atoms with Crippen molar-refractivity contribution < 1.29 is 17.9 Å². The lowest BCUT2D eigenvalue weighted by Gasteiger charge is -2.31. The molecule has 29 heavy (non-hydrogen) atoms. The maximum absolute atomic E-state index is 13.0. The second-order valence-corrected chi connectivity index (χ2v) is 9.15. The van der Waals surface area contributed by atoms with E-state index in [9.17, 15) is 13.2 Å². The molecule has 0 unspecified atom stereocenters. The van der Waals surface area contributed by atoms with E-state index in [0.29, 0.717) is 38.3 Å². The fraction of sp³-hybridized carbons (Fsp3) is 0.381. The average molecular weight is 418 g/mol. The third-order valence-corrected chi connectivity index (χ3v) is 7.06. The lowest BCUT2D eigenvalue weighted by Crippen LogP contribution is -2.47. The zero-order valence-electron chi connectivity index (χ0n) is 17.0. The van der Waals surface area contributed by atoms with Crippen LogP contribution in [0.4, 0.5) is 0 Å². The summed E-state index contributed by atoms with van der Waals surface area (Å²) in [5.41, 5.74) is 2.03. The van der Waals surface area contributed by atoms with E-state index in [4.69, 9.17) is 4.74 Å². The van der Waals surface area contributed by atoms with Gasteiger partial charge in [-0.25, -0.2) is 8.42 Å². The summed E-state index contributed by atoms with van der Waals surface area (Å²) in [7, 11) is -0.0470. The molecule has 1 N–H and O–H groups in total. The minimum absolute atomic E-state index is 0.155. The predicted octanol–water partition coefficient (Wildman–Crippen LogP) is 1.87. The number of methoxy groups -OCH3 is 1. The second kappa shape index (κ2) is 8.94. The largest absolute Gasteiger partial charge is 0.497 e. The highest BCUT2D eigenvalue weighted by Crippen LogP contribution is 2.21. The molecule has 1 aliphatic heterocycles. The Morgan fingerprint density at radius 1 is 1.07 bits per heavy atom. The molecule has 3 rings (SSSR count). The van der Waals surface area contributed by atoms with Crippen LogP contribution in [0.2, 0.25) is 0 Å². The van der Waals surface area contributed by atoms with Gasteiger partial charge in [0.25, 0.3) is 5.91 Å². The molecule has 0 saturated carbocycles. The molecule has 1 saturated heterocycles. The van der Waals surface area contributed by atoms with Crippen LogP contribution < -0.4 is 10.1 Å². The Morgan fingerprint density at radius 2 is 1.72 bits per heavy atom. The molecule has 2 aromatic carbocycles. The molecule has 0 spiro atoms. The zero-order chi connectivity index (χ0) is 21.0. The van der Waals surface area contributed by atoms with Crippen molar-refractivity contribution in [1.29, 1.82) is 0 Å². The first-order chi connectivity index (χ1) is 13.8. The number of carbonyl (C=O) groups is 1. The number of nitrogens with zero attached hydrogens (tertiary/aromatic N) is 2. The van der Waals surface area contributed by atoms with Crippen LogP contribution in [-0.4, -0.2) is 63.9 Å². The number of nitrogens with one attached hydrogen (secondary N) is 1. The highest BCUT2D eigenvalue weighted by Gasteiger charge is 2.28. The summed E-state index contributed by atoms with van der Waals surface area (Å²) in [6, 6.07) is 12.1. The normalized spacial score (nSPS) is 15.8. The third-order valence-electron chi connectivity index (χ3n) is 5.17. The Balaban J connectivity index is 1.74. The number of amides is 1. The summed E-state index contributed by atoms with van der Waals surface area (Å²) in [5, 5.41) is 2.86. The molecule has 0 atom stereocenters. The first-order valence-corrected chi connectivity index (χ1v) is 11.0. The number of rotatable bonds is 6. The minimum atomic E-state index is -3.62. The molecule has 7 nitrogen and oxygen atoms in total. The lowest BCUT2D eigenvalue weighted by molar-refractivity contribution is 0.0950. The average Bonchev–Trinajstić information content (AvgIpc) is 2.73. The van der Waals surface area contributed by atoms with Gasteiger partial charge in [0.05, 0.1) is 12.0 Å². The quantitative estimate of drug-likeness (QED) is 0.776. The molecule has 1 fully saturated rings. The maximum atomic E-state index is 13.0. The highest BCUT2D eigenvalue weighted by atomic mass is 32.2. The van der Waals surface area contributed by atoms with Crippen molar-refractivity contribution in [3.63, 3.8) is 0 Å². The van der Waals surface area contributed by atoms with Crippen LogP contribution in [0.15, 0.2) is 47.4 Å². The number of hydrogen-bond donors (Lipinski definition) is 1. The van der Waals surface area contributed by atoms with Gasteiger partial charge < -0.3 is 15.0 Å². The molecule has 0 aliphatic carbocycles. The van der Waals surface area contributed by atoms with E-state index >= 15 is 0 Å². The van der Waals surface area contributed by atoms with E-state index in [1.807, 2.05) is 31.3 Å². The first-order valence-electron chi connectivity index (χ1n) is 9.52. The van der Waals surface area contributed by atoms with Gasteiger partial charge in [-0.05, 0) is 49.4 Å². The summed E-state index contributed by atoms with van der Waals surface area (Å²) in [6.07, 6.45) is 0. The van der Waals surface area contributed by atoms with Crippen LogP contribution in [0.25, 0.3) is 0 Å². The first kappa shape index (κ1) is 21.3. The third kappa shape index (κ3) is 4.95. The van der Waals surface area contributed by atoms with Crippen molar-refractivity contribution in [2.24, 2.45) is 0 Å². The summed E-state index contributed by atoms with van der Waals surface area (Å²) in [4.78, 5) is 15.0. The molecule has 1 heterocycles. The number of sulfonamides is 1. The van der Waals surface area contributed by atoms with Gasteiger partial charge in [-0.15, -0.1) is 0 Å². The van der Waals surface area contributed by atoms with E-state index in [-0.39, 0.29) is 10.8 Å². The molecule has 2 aromatic rings. The fourth-order valence-corrected chi connectivity index (χ4v) is 4.65. The van der Waals surface area contributed by atoms with Crippen molar-refractivity contribution in [2.45, 2.75) is 18.4 Å². The Bertz CT molecular complexity index is 966. The van der Waals surface area contributed by atoms with Gasteiger partial charge in [0, 0.05) is 38.3 Å². The molecule has 0 bridgehead atoms. The fourth-order valence-electron chi connectivity index (χ4n) is 3.20. The van der Waals surface area contributed by atoms with Crippen molar-refractivity contribution in [2.75, 3.05) is 40.3 Å². The van der Waals surface area contributed by atoms with E-state index < -0.39 is 10.0 Å². The Kier molecular flexibility index (Phi) is 6.56. The lowest BCUT2D eigenvalue weighted by atomic mass is 10.1. The van der Waals surface area contributed by atoms with Gasteiger partial charge in [0.2, 0.25) is 10.0 Å². The zero-order valence-corrected chi connectivity index (χ0v) is 17.8. The number of carbonyl (C=O) groups excluding carboxylic acids is 1. The van der Waals surface area contributed by atoms with Gasteiger partial charge >= 0.3 is 0 Å². The summed E-state index contributed by atoms with van der Waals surface area (Å²) >= 11 is 0. The van der Waals surface area contributed by atoms with Crippen molar-refractivity contribution in [3.8, 4) is 5.75 Å². The summed E-state index contributed by atoms with van der Waals surface area (Å²) < 4.78 is 32.6. The van der Waals surface area contributed by atoms with Crippen LogP contribution in [0.1, 0.15) is 21.5 Å². The minimum Gasteiger partial charge on any atom is -0.497 e. The highest BCUT2D eigenvalue weighted by molar-refractivity contribution is 7.89. The Labute approximate surface area is 172 Å². The summed E-state index contributed by atoms with van der Waals surface area (Å²) in [6.45, 7) is 4.43. The number of benzene rings is 2. The topological polar surface area (TPSA) is 78.9 Å². The van der Waals surface area contributed by atoms with Crippen molar-refractivity contribution >= 4 is 15.9 Å². The van der Waals surface area contributed by atoms with Gasteiger partial charge in [-0.1, -0.05) is 18.2 Å². The van der Waals surface area contributed by atoms with E-state index in [2.05, 4.69) is 10.2 Å². The number of likely N-dealkylation sites (N-methyl/N-ethyl adjacent to an activating group) is 1. The summed E-state index contributed by atoms with van der Waals surface area (Å²) in [5.74, 6) is 0.450. The number of aryl methyl sites for hydroxylation is 1. The van der Waals surface area contributed by atoms with E-state index in [1.54, 1.807) is 26.2 Å². The predicted molar refractivity (Wildman–Crippen MR) is 112 cm³/mol. The van der Waals surface area contributed by atoms with Gasteiger partial charge in [0.15, 0.2) is 0 Å². The van der Waals surface area contributed by atoms with E-state index in [0.717, 1.165) is 16.9 Å². The number of hydrogen-bond acceptors (Lipinski definition) is 5. The van der Waals surface area contributed by atoms with E-state index in [1.165, 1.54) is 10.4 Å². The van der Waals surface area contributed by atoms with Crippen LogP contribution in [0.5, 0.6) is 5.75 Å². The van der Waals surface area contributed by atoms with Crippen LogP contribution in [0, 0.1) is 6.92 Å². The second-order valence-electron chi connectivity index (χ2n) is 7.21. The van der Waals surface area contributed by atoms with Crippen LogP contribution in [-0.2, 0) is 16.6 Å². The Morgan fingerprint density at radius 3 is 2.34 bits per heavy atom. The molecule has 0 aromatic heterocycles. The van der Waals surface area contributed by atoms with Crippen molar-refractivity contribution in [3.05, 3.63) is 59.2 Å². The molecule has 156 valence electrons. The molecule has 1 amide bonds. The number of ether oxygens (including phenoxy) is 1. The molecule has 8 heteroatoms. The van der Waals surface area contributed by atoms with Gasteiger partial charge in [-0.3, -0.25) is 4.79 Å². The van der Waals surface area contributed by atoms with Crippen molar-refractivity contribution in [1.82, 2.24) is 14.5 Å². The smallest absolute Gasteiger partial charge is 0.251 e. The molecular formula is C21H27N3O4S. The van der Waals surface area contributed by atoms with Gasteiger partial charge in [0.1, 0.15) is 5.75 Å². The monoisotopic (exact) mass is 417 g/mol. The van der Waals surface area contributed by atoms with Crippen LogP contribution in [0.3, 0.4) is 0 Å². The molecule has 0 radical (unpaired) electrons. The maximum Gasteiger partial charge on any atom is 0.251 e. The molecular weight excluding hydrogens is 390 g/mol. The standard InChI is InChI=1S/C21H27N3O4S/c1-16-4-9-19(29(26,27)24-12-10-23(2)11-13-24)14-20(16)21(25)22-15-17-5-7-18(28-3)8-6-17/h4-9,14H,10-13,15H2,1-3H3,(H,22,25). The van der Waals surface area contributed by atoms with Gasteiger partial charge in [-0.2, -0.15) is 4.31 Å². The Hall–Kier alpha value is -2.42.